The average Bonchev–Trinajstić information content (AvgIpc) is 2.54. The van der Waals surface area contributed by atoms with Crippen LogP contribution in [-0.2, 0) is 0 Å². The second-order valence-corrected chi connectivity index (χ2v) is 5.89. The number of hydrogen-bond donors (Lipinski definition) is 0. The number of anilines is 2. The first kappa shape index (κ1) is 15.2. The lowest BCUT2D eigenvalue weighted by Gasteiger charge is -2.21. The van der Waals surface area contributed by atoms with E-state index in [0.717, 1.165) is 28.6 Å². The molecule has 3 rings (SSSR count). The van der Waals surface area contributed by atoms with Crippen molar-refractivity contribution in [1.82, 2.24) is 9.97 Å². The van der Waals surface area contributed by atoms with Crippen LogP contribution in [0.5, 0.6) is 0 Å². The molecule has 0 unspecified atom stereocenters. The van der Waals surface area contributed by atoms with E-state index in [-0.39, 0.29) is 0 Å². The Bertz CT molecular complexity index is 840. The van der Waals surface area contributed by atoms with Crippen molar-refractivity contribution in [1.29, 1.82) is 0 Å². The minimum Gasteiger partial charge on any atom is -0.329 e. The molecular weight excluding hydrogens is 282 g/mol. The third-order valence-electron chi connectivity index (χ3n) is 3.94. The third kappa shape index (κ3) is 3.24. The monoisotopic (exact) mass is 303 g/mol. The number of aromatic nitrogens is 2. The zero-order chi connectivity index (χ0) is 16.4. The van der Waals surface area contributed by atoms with Gasteiger partial charge in [0.05, 0.1) is 11.4 Å². The van der Waals surface area contributed by atoms with Gasteiger partial charge in [0, 0.05) is 18.4 Å². The van der Waals surface area contributed by atoms with E-state index in [4.69, 9.17) is 4.98 Å². The molecule has 23 heavy (non-hydrogen) atoms. The van der Waals surface area contributed by atoms with Crippen LogP contribution in [0.4, 0.5) is 11.5 Å². The summed E-state index contributed by atoms with van der Waals surface area (Å²) in [5.41, 5.74) is 6.47. The van der Waals surface area contributed by atoms with Crippen LogP contribution < -0.4 is 4.90 Å². The number of pyridine rings is 2. The second kappa shape index (κ2) is 6.21. The van der Waals surface area contributed by atoms with Gasteiger partial charge >= 0.3 is 0 Å². The Labute approximate surface area is 137 Å². The lowest BCUT2D eigenvalue weighted by atomic mass is 10.1. The zero-order valence-corrected chi connectivity index (χ0v) is 14.0. The highest BCUT2D eigenvalue weighted by molar-refractivity contribution is 5.66. The maximum Gasteiger partial charge on any atom is 0.133 e. The van der Waals surface area contributed by atoms with Crippen LogP contribution in [0.25, 0.3) is 11.4 Å². The van der Waals surface area contributed by atoms with Crippen LogP contribution in [0.2, 0.25) is 0 Å². The van der Waals surface area contributed by atoms with Crippen molar-refractivity contribution >= 4 is 11.5 Å². The molecule has 0 N–H and O–H groups in total. The zero-order valence-electron chi connectivity index (χ0n) is 14.0. The fourth-order valence-electron chi connectivity index (χ4n) is 2.74. The smallest absolute Gasteiger partial charge is 0.133 e. The van der Waals surface area contributed by atoms with E-state index in [0.29, 0.717) is 0 Å². The van der Waals surface area contributed by atoms with E-state index >= 15 is 0 Å². The fourth-order valence-corrected chi connectivity index (χ4v) is 2.74. The number of nitrogens with zero attached hydrogens (tertiary/aromatic N) is 3. The topological polar surface area (TPSA) is 29.0 Å². The van der Waals surface area contributed by atoms with Crippen molar-refractivity contribution in [3.63, 3.8) is 0 Å². The van der Waals surface area contributed by atoms with Crippen LogP contribution in [0.15, 0.2) is 54.6 Å². The molecule has 3 heteroatoms. The van der Waals surface area contributed by atoms with Gasteiger partial charge in [-0.15, -0.1) is 0 Å². The standard InChI is InChI=1S/C20H21N3/c1-14-11-12-19(15(2)13-14)23(4)20-10-6-9-18(22-20)17-8-5-7-16(3)21-17/h5-13H,1-4H3. The summed E-state index contributed by atoms with van der Waals surface area (Å²) in [5.74, 6) is 0.915. The van der Waals surface area contributed by atoms with Gasteiger partial charge in [-0.2, -0.15) is 0 Å². The van der Waals surface area contributed by atoms with Gasteiger partial charge in [-0.3, -0.25) is 4.98 Å². The van der Waals surface area contributed by atoms with Crippen LogP contribution in [-0.4, -0.2) is 17.0 Å². The van der Waals surface area contributed by atoms with E-state index in [9.17, 15) is 0 Å². The Hall–Kier alpha value is -2.68. The highest BCUT2D eigenvalue weighted by atomic mass is 15.2. The van der Waals surface area contributed by atoms with Crippen LogP contribution in [0.3, 0.4) is 0 Å². The molecular formula is C20H21N3. The molecule has 3 nitrogen and oxygen atoms in total. The molecule has 0 fully saturated rings. The Morgan fingerprint density at radius 1 is 0.783 bits per heavy atom. The molecule has 0 aliphatic heterocycles. The lowest BCUT2D eigenvalue weighted by molar-refractivity contribution is 1.10. The summed E-state index contributed by atoms with van der Waals surface area (Å²) in [6, 6.07) is 18.5. The van der Waals surface area contributed by atoms with Gasteiger partial charge in [0.25, 0.3) is 0 Å². The summed E-state index contributed by atoms with van der Waals surface area (Å²) in [7, 11) is 2.05. The van der Waals surface area contributed by atoms with Gasteiger partial charge in [-0.1, -0.05) is 29.8 Å². The van der Waals surface area contributed by atoms with Crippen molar-refractivity contribution in [2.75, 3.05) is 11.9 Å². The minimum atomic E-state index is 0.891. The van der Waals surface area contributed by atoms with Crippen molar-refractivity contribution in [2.24, 2.45) is 0 Å². The molecule has 2 heterocycles. The van der Waals surface area contributed by atoms with Gasteiger partial charge < -0.3 is 4.90 Å². The van der Waals surface area contributed by atoms with Crippen LogP contribution >= 0.6 is 0 Å². The van der Waals surface area contributed by atoms with Crippen molar-refractivity contribution in [3.8, 4) is 11.4 Å². The molecule has 1 aromatic carbocycles. The molecule has 0 spiro atoms. The Morgan fingerprint density at radius 2 is 1.48 bits per heavy atom. The first-order valence-corrected chi connectivity index (χ1v) is 7.76. The quantitative estimate of drug-likeness (QED) is 0.693. The van der Waals surface area contributed by atoms with Crippen molar-refractivity contribution in [2.45, 2.75) is 20.8 Å². The molecule has 0 radical (unpaired) electrons. The molecule has 0 aliphatic carbocycles. The summed E-state index contributed by atoms with van der Waals surface area (Å²) in [6.07, 6.45) is 0. The Kier molecular flexibility index (Phi) is 4.11. The second-order valence-electron chi connectivity index (χ2n) is 5.89. The predicted octanol–water partition coefficient (Wildman–Crippen LogP) is 4.84. The summed E-state index contributed by atoms with van der Waals surface area (Å²) in [6.45, 7) is 6.24. The summed E-state index contributed by atoms with van der Waals surface area (Å²) in [5, 5.41) is 0. The number of rotatable bonds is 3. The maximum atomic E-state index is 4.79. The number of hydrogen-bond acceptors (Lipinski definition) is 3. The van der Waals surface area contributed by atoms with Gasteiger partial charge in [0.2, 0.25) is 0 Å². The lowest BCUT2D eigenvalue weighted by Crippen LogP contribution is -2.12. The van der Waals surface area contributed by atoms with Crippen molar-refractivity contribution in [3.05, 3.63) is 71.4 Å². The third-order valence-corrected chi connectivity index (χ3v) is 3.94. The molecule has 0 amide bonds. The van der Waals surface area contributed by atoms with Gasteiger partial charge in [-0.05, 0) is 56.7 Å². The largest absolute Gasteiger partial charge is 0.329 e. The van der Waals surface area contributed by atoms with Gasteiger partial charge in [0.1, 0.15) is 5.82 Å². The van der Waals surface area contributed by atoms with E-state index in [2.05, 4.69) is 41.9 Å². The van der Waals surface area contributed by atoms with E-state index in [1.54, 1.807) is 0 Å². The first-order chi connectivity index (χ1) is 11.0. The van der Waals surface area contributed by atoms with Crippen LogP contribution in [0.1, 0.15) is 16.8 Å². The molecule has 3 aromatic rings. The van der Waals surface area contributed by atoms with E-state index in [1.165, 1.54) is 11.1 Å². The number of benzene rings is 1. The predicted molar refractivity (Wildman–Crippen MR) is 96.2 cm³/mol. The van der Waals surface area contributed by atoms with Crippen LogP contribution in [0, 0.1) is 20.8 Å². The molecule has 0 saturated carbocycles. The molecule has 0 saturated heterocycles. The average molecular weight is 303 g/mol. The highest BCUT2D eigenvalue weighted by Crippen LogP contribution is 2.27. The number of aryl methyl sites for hydroxylation is 3. The van der Waals surface area contributed by atoms with Gasteiger partial charge in [-0.25, -0.2) is 4.98 Å². The van der Waals surface area contributed by atoms with Gasteiger partial charge in [0.15, 0.2) is 0 Å². The minimum absolute atomic E-state index is 0.891. The molecule has 0 atom stereocenters. The summed E-state index contributed by atoms with van der Waals surface area (Å²) >= 11 is 0. The summed E-state index contributed by atoms with van der Waals surface area (Å²) < 4.78 is 0. The van der Waals surface area contributed by atoms with Crippen molar-refractivity contribution < 1.29 is 0 Å². The Morgan fingerprint density at radius 3 is 2.17 bits per heavy atom. The normalized spacial score (nSPS) is 10.6. The molecule has 0 bridgehead atoms. The maximum absolute atomic E-state index is 4.79. The summed E-state index contributed by atoms with van der Waals surface area (Å²) in [4.78, 5) is 11.5. The van der Waals surface area contributed by atoms with E-state index in [1.807, 2.05) is 50.4 Å². The first-order valence-electron chi connectivity index (χ1n) is 7.76. The van der Waals surface area contributed by atoms with E-state index < -0.39 is 0 Å². The fraction of sp³-hybridized carbons (Fsp3) is 0.200. The molecule has 116 valence electrons. The Balaban J connectivity index is 1.99. The SMILES string of the molecule is Cc1ccc(N(C)c2cccc(-c3cccc(C)n3)n2)c(C)c1. The molecule has 2 aromatic heterocycles. The highest BCUT2D eigenvalue weighted by Gasteiger charge is 2.10. The molecule has 0 aliphatic rings.